The summed E-state index contributed by atoms with van der Waals surface area (Å²) in [5.74, 6) is 0.265. The van der Waals surface area contributed by atoms with Crippen molar-refractivity contribution in [1.29, 1.82) is 0 Å². The average molecular weight is 263 g/mol. The number of carbonyl (C=O) groups excluding carboxylic acids is 1. The Kier molecular flexibility index (Phi) is 5.70. The number of ether oxygens (including phenoxy) is 1. The van der Waals surface area contributed by atoms with Crippen LogP contribution >= 0.6 is 12.4 Å². The molecule has 2 saturated heterocycles. The molecule has 1 N–H and O–H groups in total. The van der Waals surface area contributed by atoms with Crippen molar-refractivity contribution in [2.75, 3.05) is 19.6 Å². The lowest BCUT2D eigenvalue weighted by Crippen LogP contribution is -2.55. The van der Waals surface area contributed by atoms with Crippen LogP contribution in [0.5, 0.6) is 0 Å². The SMILES string of the molecule is C[C@@H]1CN(C(=O)[C@@H]2CCCCN2)C[C@H](C)O1.Cl. The van der Waals surface area contributed by atoms with Crippen LogP contribution in [-0.2, 0) is 9.53 Å². The fourth-order valence-electron chi connectivity index (χ4n) is 2.64. The third-order valence-electron chi connectivity index (χ3n) is 3.34. The maximum atomic E-state index is 12.3. The van der Waals surface area contributed by atoms with Crippen LogP contribution in [0.1, 0.15) is 33.1 Å². The molecule has 1 amide bonds. The van der Waals surface area contributed by atoms with Crippen molar-refractivity contribution < 1.29 is 9.53 Å². The zero-order valence-corrected chi connectivity index (χ0v) is 11.5. The van der Waals surface area contributed by atoms with E-state index in [0.717, 1.165) is 26.1 Å². The molecule has 0 aromatic carbocycles. The summed E-state index contributed by atoms with van der Waals surface area (Å²) >= 11 is 0. The smallest absolute Gasteiger partial charge is 0.239 e. The van der Waals surface area contributed by atoms with Gasteiger partial charge in [0.1, 0.15) is 0 Å². The van der Waals surface area contributed by atoms with Gasteiger partial charge in [-0.25, -0.2) is 0 Å². The highest BCUT2D eigenvalue weighted by Gasteiger charge is 2.30. The van der Waals surface area contributed by atoms with Crippen molar-refractivity contribution in [2.24, 2.45) is 0 Å². The van der Waals surface area contributed by atoms with Crippen LogP contribution in [0, 0.1) is 0 Å². The standard InChI is InChI=1S/C12H22N2O2.ClH/c1-9-7-14(8-10(2)16-9)12(15)11-5-3-4-6-13-11;/h9-11,13H,3-8H2,1-2H3;1H/t9-,10+,11-;/m0./s1. The van der Waals surface area contributed by atoms with Gasteiger partial charge in [0.15, 0.2) is 0 Å². The molecule has 2 rings (SSSR count). The Hall–Kier alpha value is -0.320. The molecule has 2 aliphatic rings. The number of nitrogens with one attached hydrogen (secondary N) is 1. The van der Waals surface area contributed by atoms with Gasteiger partial charge < -0.3 is 15.0 Å². The van der Waals surface area contributed by atoms with E-state index in [-0.39, 0.29) is 36.6 Å². The van der Waals surface area contributed by atoms with Crippen LogP contribution in [0.25, 0.3) is 0 Å². The monoisotopic (exact) mass is 262 g/mol. The van der Waals surface area contributed by atoms with Crippen molar-refractivity contribution in [3.05, 3.63) is 0 Å². The van der Waals surface area contributed by atoms with Crippen LogP contribution in [0.4, 0.5) is 0 Å². The number of morpholine rings is 1. The summed E-state index contributed by atoms with van der Waals surface area (Å²) in [5, 5.41) is 3.31. The third kappa shape index (κ3) is 3.83. The summed E-state index contributed by atoms with van der Waals surface area (Å²) in [5.41, 5.74) is 0. The maximum absolute atomic E-state index is 12.3. The van der Waals surface area contributed by atoms with Crippen molar-refractivity contribution in [3.63, 3.8) is 0 Å². The molecule has 4 nitrogen and oxygen atoms in total. The number of nitrogens with zero attached hydrogens (tertiary/aromatic N) is 1. The van der Waals surface area contributed by atoms with Gasteiger partial charge in [-0.05, 0) is 33.2 Å². The van der Waals surface area contributed by atoms with Gasteiger partial charge in [-0.2, -0.15) is 0 Å². The molecule has 0 saturated carbocycles. The van der Waals surface area contributed by atoms with E-state index in [2.05, 4.69) is 5.32 Å². The summed E-state index contributed by atoms with van der Waals surface area (Å²) in [4.78, 5) is 14.2. The molecule has 0 aromatic rings. The average Bonchev–Trinajstić information content (AvgIpc) is 2.28. The van der Waals surface area contributed by atoms with Crippen LogP contribution in [0.15, 0.2) is 0 Å². The largest absolute Gasteiger partial charge is 0.372 e. The lowest BCUT2D eigenvalue weighted by Gasteiger charge is -2.38. The Labute approximate surface area is 109 Å². The van der Waals surface area contributed by atoms with Crippen LogP contribution in [0.2, 0.25) is 0 Å². The van der Waals surface area contributed by atoms with Gasteiger partial charge in [0.05, 0.1) is 18.2 Å². The molecule has 2 aliphatic heterocycles. The first-order valence-corrected chi connectivity index (χ1v) is 6.34. The second-order valence-electron chi connectivity index (χ2n) is 5.00. The highest BCUT2D eigenvalue weighted by Crippen LogP contribution is 2.15. The number of hydrogen-bond donors (Lipinski definition) is 1. The molecule has 0 unspecified atom stereocenters. The number of hydrogen-bond acceptors (Lipinski definition) is 3. The van der Waals surface area contributed by atoms with Crippen LogP contribution in [-0.4, -0.2) is 48.7 Å². The molecule has 100 valence electrons. The minimum absolute atomic E-state index is 0. The molecule has 0 aromatic heterocycles. The van der Waals surface area contributed by atoms with Gasteiger partial charge in [-0.1, -0.05) is 6.42 Å². The molecule has 0 bridgehead atoms. The van der Waals surface area contributed by atoms with E-state index >= 15 is 0 Å². The molecule has 0 aliphatic carbocycles. The summed E-state index contributed by atoms with van der Waals surface area (Å²) in [6.07, 6.45) is 3.67. The normalized spacial score (nSPS) is 34.0. The van der Waals surface area contributed by atoms with E-state index in [4.69, 9.17) is 4.74 Å². The molecule has 2 heterocycles. The first-order chi connectivity index (χ1) is 7.66. The lowest BCUT2D eigenvalue weighted by molar-refractivity contribution is -0.145. The van der Waals surface area contributed by atoms with Crippen molar-refractivity contribution >= 4 is 18.3 Å². The minimum Gasteiger partial charge on any atom is -0.372 e. The predicted molar refractivity (Wildman–Crippen MR) is 69.5 cm³/mol. The Morgan fingerprint density at radius 3 is 2.41 bits per heavy atom. The summed E-state index contributed by atoms with van der Waals surface area (Å²) < 4.78 is 5.64. The van der Waals surface area contributed by atoms with Crippen molar-refractivity contribution in [2.45, 2.75) is 51.4 Å². The van der Waals surface area contributed by atoms with Gasteiger partial charge in [0, 0.05) is 13.1 Å². The third-order valence-corrected chi connectivity index (χ3v) is 3.34. The van der Waals surface area contributed by atoms with Gasteiger partial charge in [-0.3, -0.25) is 4.79 Å². The molecular weight excluding hydrogens is 240 g/mol. The maximum Gasteiger partial charge on any atom is 0.239 e. The predicted octanol–water partition coefficient (Wildman–Crippen LogP) is 1.19. The topological polar surface area (TPSA) is 41.6 Å². The number of rotatable bonds is 1. The van der Waals surface area contributed by atoms with Gasteiger partial charge >= 0.3 is 0 Å². The van der Waals surface area contributed by atoms with E-state index in [1.165, 1.54) is 12.8 Å². The molecule has 3 atom stereocenters. The first-order valence-electron chi connectivity index (χ1n) is 6.34. The fraction of sp³-hybridized carbons (Fsp3) is 0.917. The Morgan fingerprint density at radius 1 is 1.24 bits per heavy atom. The highest BCUT2D eigenvalue weighted by atomic mass is 35.5. The van der Waals surface area contributed by atoms with Crippen molar-refractivity contribution in [3.8, 4) is 0 Å². The van der Waals surface area contributed by atoms with Crippen LogP contribution < -0.4 is 5.32 Å². The van der Waals surface area contributed by atoms with E-state index in [9.17, 15) is 4.79 Å². The van der Waals surface area contributed by atoms with Gasteiger partial charge in [-0.15, -0.1) is 12.4 Å². The minimum atomic E-state index is 0. The Bertz CT molecular complexity index is 247. The first kappa shape index (κ1) is 14.7. The quantitative estimate of drug-likeness (QED) is 0.772. The summed E-state index contributed by atoms with van der Waals surface area (Å²) in [6, 6.07) is 0.0475. The number of halogens is 1. The molecule has 5 heteroatoms. The molecule has 2 fully saturated rings. The second-order valence-corrected chi connectivity index (χ2v) is 5.00. The molecule has 0 spiro atoms. The molecule has 0 radical (unpaired) electrons. The van der Waals surface area contributed by atoms with E-state index < -0.39 is 0 Å². The zero-order chi connectivity index (χ0) is 11.5. The highest BCUT2D eigenvalue weighted by molar-refractivity contribution is 5.85. The lowest BCUT2D eigenvalue weighted by atomic mass is 10.0. The van der Waals surface area contributed by atoms with Crippen LogP contribution in [0.3, 0.4) is 0 Å². The fourth-order valence-corrected chi connectivity index (χ4v) is 2.64. The second kappa shape index (κ2) is 6.57. The van der Waals surface area contributed by atoms with Crippen molar-refractivity contribution in [1.82, 2.24) is 10.2 Å². The Morgan fingerprint density at radius 2 is 1.88 bits per heavy atom. The summed E-state index contributed by atoms with van der Waals surface area (Å²) in [6.45, 7) is 6.52. The van der Waals surface area contributed by atoms with Gasteiger partial charge in [0.25, 0.3) is 0 Å². The molecule has 17 heavy (non-hydrogen) atoms. The number of amides is 1. The van der Waals surface area contributed by atoms with E-state index in [1.807, 2.05) is 18.7 Å². The zero-order valence-electron chi connectivity index (χ0n) is 10.6. The number of piperidine rings is 1. The van der Waals surface area contributed by atoms with E-state index in [0.29, 0.717) is 0 Å². The van der Waals surface area contributed by atoms with Gasteiger partial charge in [0.2, 0.25) is 5.91 Å². The van der Waals surface area contributed by atoms with E-state index in [1.54, 1.807) is 0 Å². The Balaban J connectivity index is 0.00000144. The number of carbonyl (C=O) groups is 1. The molecular formula is C12H23ClN2O2. The summed E-state index contributed by atoms with van der Waals surface area (Å²) in [7, 11) is 0.